The Kier molecular flexibility index (Phi) is 6.65. The molecule has 28 heavy (non-hydrogen) atoms. The molecule has 2 aromatic carbocycles. The summed E-state index contributed by atoms with van der Waals surface area (Å²) >= 11 is 0. The van der Waals surface area contributed by atoms with Crippen LogP contribution in [-0.2, 0) is 21.0 Å². The van der Waals surface area contributed by atoms with Crippen LogP contribution in [0.5, 0.6) is 0 Å². The van der Waals surface area contributed by atoms with Crippen molar-refractivity contribution in [1.82, 2.24) is 0 Å². The lowest BCUT2D eigenvalue weighted by Crippen LogP contribution is -2.31. The number of rotatable bonds is 7. The number of carbonyl (C=O) groups is 1. The minimum atomic E-state index is -4.61. The van der Waals surface area contributed by atoms with E-state index in [1.807, 2.05) is 0 Å². The fourth-order valence-corrected chi connectivity index (χ4v) is 3.44. The van der Waals surface area contributed by atoms with Gasteiger partial charge in [-0.05, 0) is 36.8 Å². The number of hydrogen-bond donors (Lipinski definition) is 1. The molecule has 0 aliphatic heterocycles. The molecule has 1 amide bonds. The lowest BCUT2D eigenvalue weighted by molar-refractivity contribution is -0.137. The van der Waals surface area contributed by atoms with Gasteiger partial charge in [0.25, 0.3) is 0 Å². The molecule has 0 unspecified atom stereocenters. The third kappa shape index (κ3) is 5.95. The number of carbonyl (C=O) groups excluding carboxylic acids is 1. The van der Waals surface area contributed by atoms with Gasteiger partial charge in [0.1, 0.15) is 5.82 Å². The van der Waals surface area contributed by atoms with E-state index in [4.69, 9.17) is 0 Å². The third-order valence-corrected chi connectivity index (χ3v) is 4.97. The second-order valence-corrected chi connectivity index (χ2v) is 7.92. The van der Waals surface area contributed by atoms with E-state index < -0.39 is 33.5 Å². The van der Waals surface area contributed by atoms with Crippen LogP contribution in [0, 0.1) is 5.82 Å². The Bertz CT molecular complexity index is 946. The number of alkyl halides is 3. The summed E-state index contributed by atoms with van der Waals surface area (Å²) in [6.45, 7) is -0.204. The first-order chi connectivity index (χ1) is 13.0. The van der Waals surface area contributed by atoms with Crippen LogP contribution in [0.15, 0.2) is 48.5 Å². The monoisotopic (exact) mass is 418 g/mol. The maximum atomic E-state index is 13.5. The van der Waals surface area contributed by atoms with Gasteiger partial charge in [-0.25, -0.2) is 12.8 Å². The van der Waals surface area contributed by atoms with Crippen molar-refractivity contribution in [2.75, 3.05) is 22.4 Å². The number of nitrogens with one attached hydrogen (secondary N) is 1. The summed E-state index contributed by atoms with van der Waals surface area (Å²) in [7, 11) is -3.87. The molecule has 0 aromatic heterocycles. The van der Waals surface area contributed by atoms with Gasteiger partial charge in [-0.15, -0.1) is 0 Å². The zero-order valence-electron chi connectivity index (χ0n) is 14.8. The predicted molar refractivity (Wildman–Crippen MR) is 97.9 cm³/mol. The zero-order chi connectivity index (χ0) is 20.9. The van der Waals surface area contributed by atoms with Crippen LogP contribution in [0.25, 0.3) is 0 Å². The number of nitrogens with zero attached hydrogens (tertiary/aromatic N) is 1. The summed E-state index contributed by atoms with van der Waals surface area (Å²) < 4.78 is 76.9. The van der Waals surface area contributed by atoms with Gasteiger partial charge in [-0.1, -0.05) is 18.2 Å². The molecule has 1 N–H and O–H groups in total. The van der Waals surface area contributed by atoms with Crippen molar-refractivity contribution >= 4 is 27.3 Å². The first kappa shape index (κ1) is 21.7. The van der Waals surface area contributed by atoms with Gasteiger partial charge in [0.05, 0.1) is 23.2 Å². The molecule has 0 radical (unpaired) electrons. The summed E-state index contributed by atoms with van der Waals surface area (Å²) in [5, 5.41) is 2.36. The maximum absolute atomic E-state index is 13.5. The molecule has 0 spiro atoms. The SMILES string of the molecule is CS(=O)(=O)N(CCCC(=O)Nc1ccccc1F)c1cccc(C(F)(F)F)c1. The van der Waals surface area contributed by atoms with Gasteiger partial charge in [0, 0.05) is 13.0 Å². The van der Waals surface area contributed by atoms with Crippen LogP contribution < -0.4 is 9.62 Å². The zero-order valence-corrected chi connectivity index (χ0v) is 15.6. The highest BCUT2D eigenvalue weighted by molar-refractivity contribution is 7.92. The van der Waals surface area contributed by atoms with E-state index >= 15 is 0 Å². The summed E-state index contributed by atoms with van der Waals surface area (Å²) in [6, 6.07) is 9.48. The lowest BCUT2D eigenvalue weighted by Gasteiger charge is -2.23. The number of hydrogen-bond acceptors (Lipinski definition) is 3. The number of sulfonamides is 1. The van der Waals surface area contributed by atoms with Crippen molar-refractivity contribution in [2.24, 2.45) is 0 Å². The molecular formula is C18H18F4N2O3S. The maximum Gasteiger partial charge on any atom is 0.416 e. The fraction of sp³-hybridized carbons (Fsp3) is 0.278. The molecule has 0 saturated heterocycles. The average molecular weight is 418 g/mol. The average Bonchev–Trinajstić information content (AvgIpc) is 2.59. The fourth-order valence-electron chi connectivity index (χ4n) is 2.48. The van der Waals surface area contributed by atoms with Crippen molar-refractivity contribution in [3.8, 4) is 0 Å². The first-order valence-corrected chi connectivity index (χ1v) is 10.0. The Hall–Kier alpha value is -2.62. The van der Waals surface area contributed by atoms with Crippen molar-refractivity contribution in [2.45, 2.75) is 19.0 Å². The minimum Gasteiger partial charge on any atom is -0.324 e. The van der Waals surface area contributed by atoms with E-state index in [-0.39, 0.29) is 30.8 Å². The van der Waals surface area contributed by atoms with Crippen LogP contribution in [-0.4, -0.2) is 27.1 Å². The second kappa shape index (κ2) is 8.59. The Morgan fingerprint density at radius 2 is 1.79 bits per heavy atom. The summed E-state index contributed by atoms with van der Waals surface area (Å²) in [5.41, 5.74) is -1.13. The number of halogens is 4. The molecule has 2 rings (SSSR count). The largest absolute Gasteiger partial charge is 0.416 e. The Morgan fingerprint density at radius 1 is 1.11 bits per heavy atom. The molecule has 0 fully saturated rings. The molecule has 0 saturated carbocycles. The molecule has 0 heterocycles. The van der Waals surface area contributed by atoms with Crippen molar-refractivity contribution < 1.29 is 30.8 Å². The topological polar surface area (TPSA) is 66.5 Å². The van der Waals surface area contributed by atoms with Crippen LogP contribution in [0.3, 0.4) is 0 Å². The van der Waals surface area contributed by atoms with Crippen molar-refractivity contribution in [3.63, 3.8) is 0 Å². The minimum absolute atomic E-state index is 0.00894. The molecule has 0 atom stereocenters. The first-order valence-electron chi connectivity index (χ1n) is 8.18. The summed E-state index contributed by atoms with van der Waals surface area (Å²) in [4.78, 5) is 11.9. The van der Waals surface area contributed by atoms with E-state index in [1.54, 1.807) is 0 Å². The molecule has 5 nitrogen and oxygen atoms in total. The van der Waals surface area contributed by atoms with Crippen molar-refractivity contribution in [3.05, 3.63) is 59.9 Å². The van der Waals surface area contributed by atoms with E-state index in [9.17, 15) is 30.8 Å². The summed E-state index contributed by atoms with van der Waals surface area (Å²) in [5.74, 6) is -1.15. The van der Waals surface area contributed by atoms with Gasteiger partial charge in [-0.3, -0.25) is 9.10 Å². The highest BCUT2D eigenvalue weighted by Crippen LogP contribution is 2.32. The third-order valence-electron chi connectivity index (χ3n) is 3.77. The molecule has 0 bridgehead atoms. The van der Waals surface area contributed by atoms with Gasteiger partial charge < -0.3 is 5.32 Å². The van der Waals surface area contributed by atoms with E-state index in [1.165, 1.54) is 30.3 Å². The second-order valence-electron chi connectivity index (χ2n) is 6.01. The van der Waals surface area contributed by atoms with Crippen LogP contribution >= 0.6 is 0 Å². The van der Waals surface area contributed by atoms with Crippen LogP contribution in [0.2, 0.25) is 0 Å². The van der Waals surface area contributed by atoms with Crippen LogP contribution in [0.4, 0.5) is 28.9 Å². The number of para-hydroxylation sites is 1. The van der Waals surface area contributed by atoms with E-state index in [0.717, 1.165) is 28.8 Å². The highest BCUT2D eigenvalue weighted by atomic mass is 32.2. The van der Waals surface area contributed by atoms with Gasteiger partial charge in [0.2, 0.25) is 15.9 Å². The summed E-state index contributed by atoms with van der Waals surface area (Å²) in [6.07, 6.45) is -3.85. The van der Waals surface area contributed by atoms with Gasteiger partial charge in [0.15, 0.2) is 0 Å². The molecule has 0 aliphatic carbocycles. The molecule has 10 heteroatoms. The normalized spacial score (nSPS) is 11.9. The van der Waals surface area contributed by atoms with E-state index in [0.29, 0.717) is 0 Å². The Labute approximate surface area is 160 Å². The molecule has 152 valence electrons. The number of amides is 1. The molecular weight excluding hydrogens is 400 g/mol. The predicted octanol–water partition coefficient (Wildman–Crippen LogP) is 4.03. The van der Waals surface area contributed by atoms with Crippen molar-refractivity contribution in [1.29, 1.82) is 0 Å². The van der Waals surface area contributed by atoms with Gasteiger partial charge in [-0.2, -0.15) is 13.2 Å². The van der Waals surface area contributed by atoms with Crippen LogP contribution in [0.1, 0.15) is 18.4 Å². The van der Waals surface area contributed by atoms with Gasteiger partial charge >= 0.3 is 6.18 Å². The number of benzene rings is 2. The Balaban J connectivity index is 2.06. The lowest BCUT2D eigenvalue weighted by atomic mass is 10.2. The standard InChI is InChI=1S/C18H18F4N2O3S/c1-28(26,27)24(14-7-4-6-13(12-14)18(20,21)22)11-5-10-17(25)23-16-9-3-2-8-15(16)19/h2-4,6-9,12H,5,10-11H2,1H3,(H,23,25). The molecule has 0 aliphatic rings. The quantitative estimate of drug-likeness (QED) is 0.691. The Morgan fingerprint density at radius 3 is 2.39 bits per heavy atom. The van der Waals surface area contributed by atoms with E-state index in [2.05, 4.69) is 5.32 Å². The highest BCUT2D eigenvalue weighted by Gasteiger charge is 2.31. The number of anilines is 2. The smallest absolute Gasteiger partial charge is 0.324 e. The molecule has 2 aromatic rings.